The zero-order valence-electron chi connectivity index (χ0n) is 27.3. The third kappa shape index (κ3) is 5.50. The van der Waals surface area contributed by atoms with Gasteiger partial charge < -0.3 is 31.5 Å². The number of Topliss-reactive ketones (excluding diaryl/α,β-unsaturated/α-hetero) is 4. The Balaban J connectivity index is 1.85. The second kappa shape index (κ2) is 11.5. The second-order valence-corrected chi connectivity index (χ2v) is 14.4. The molecular weight excluding hydrogens is 582 g/mol. The van der Waals surface area contributed by atoms with Crippen molar-refractivity contribution in [3.05, 3.63) is 17.2 Å². The summed E-state index contributed by atoms with van der Waals surface area (Å²) in [5, 5.41) is 29.4. The van der Waals surface area contributed by atoms with Crippen LogP contribution < -0.4 is 21.3 Å². The number of fused-ring (bicyclic) bond motifs is 3. The first-order chi connectivity index (χ1) is 20.6. The van der Waals surface area contributed by atoms with Gasteiger partial charge in [0.1, 0.15) is 11.8 Å². The maximum Gasteiger partial charge on any atom is 0.243 e. The number of benzene rings is 1. The average molecular weight is 628 g/mol. The van der Waals surface area contributed by atoms with Gasteiger partial charge in [-0.05, 0) is 71.2 Å². The Hall–Kier alpha value is -3.84. The molecule has 13 nitrogen and oxygen atoms in total. The number of hydrogen-bond acceptors (Lipinski definition) is 11. The summed E-state index contributed by atoms with van der Waals surface area (Å²) in [4.78, 5) is 83.9. The summed E-state index contributed by atoms with van der Waals surface area (Å²) >= 11 is 0. The van der Waals surface area contributed by atoms with Crippen LogP contribution in [-0.2, 0) is 30.4 Å². The lowest BCUT2D eigenvalue weighted by Crippen LogP contribution is -2.74. The molecule has 1 aromatic rings. The van der Waals surface area contributed by atoms with Crippen molar-refractivity contribution in [1.29, 1.82) is 0 Å². The molecule has 6 N–H and O–H groups in total. The van der Waals surface area contributed by atoms with Gasteiger partial charge in [-0.15, -0.1) is 0 Å². The number of primary amides is 1. The number of phenols is 1. The van der Waals surface area contributed by atoms with E-state index >= 15 is 0 Å². The number of rotatable bonds is 7. The van der Waals surface area contributed by atoms with Crippen molar-refractivity contribution < 1.29 is 39.0 Å². The second-order valence-electron chi connectivity index (χ2n) is 14.4. The molecule has 0 saturated heterocycles. The van der Waals surface area contributed by atoms with E-state index in [0.717, 1.165) is 0 Å². The van der Waals surface area contributed by atoms with Crippen LogP contribution in [0.25, 0.3) is 0 Å². The molecule has 3 aliphatic rings. The molecule has 0 spiro atoms. The number of ketones is 4. The lowest BCUT2D eigenvalue weighted by atomic mass is 9.52. The summed E-state index contributed by atoms with van der Waals surface area (Å²) in [5.41, 5.74) is 3.06. The van der Waals surface area contributed by atoms with Crippen LogP contribution in [-0.4, -0.2) is 101 Å². The highest BCUT2D eigenvalue weighted by atomic mass is 16.3. The fourth-order valence-electron chi connectivity index (χ4n) is 7.31. The Labute approximate surface area is 262 Å². The number of anilines is 2. The number of aliphatic hydroxyl groups is 1. The van der Waals surface area contributed by atoms with Gasteiger partial charge in [0.2, 0.25) is 11.8 Å². The maximum absolute atomic E-state index is 14.3. The summed E-state index contributed by atoms with van der Waals surface area (Å²) < 4.78 is 0. The largest absolute Gasteiger partial charge is 0.505 e. The highest BCUT2D eigenvalue weighted by molar-refractivity contribution is 6.32. The fraction of sp³-hybridized carbons (Fsp3) is 0.625. The molecule has 0 aromatic heterocycles. The molecular formula is C32H45N5O8. The molecule has 2 saturated carbocycles. The number of hydrogen-bond donors (Lipinski definition) is 5. The number of phenolic OH excluding ortho intramolecular Hbond substituents is 1. The van der Waals surface area contributed by atoms with Crippen LogP contribution in [0.5, 0.6) is 5.75 Å². The zero-order valence-corrected chi connectivity index (χ0v) is 27.3. The van der Waals surface area contributed by atoms with E-state index in [1.54, 1.807) is 25.1 Å². The van der Waals surface area contributed by atoms with E-state index in [9.17, 15) is 39.0 Å². The minimum atomic E-state index is -2.81. The third-order valence-corrected chi connectivity index (χ3v) is 9.28. The normalized spacial score (nSPS) is 28.8. The first kappa shape index (κ1) is 34.0. The molecule has 3 unspecified atom stereocenters. The highest BCUT2D eigenvalue weighted by Gasteiger charge is 2.69. The van der Waals surface area contributed by atoms with E-state index in [1.807, 2.05) is 34.6 Å². The molecule has 246 valence electrons. The molecule has 4 rings (SSSR count). The Morgan fingerprint density at radius 1 is 1.07 bits per heavy atom. The van der Waals surface area contributed by atoms with Crippen LogP contribution in [0.3, 0.4) is 0 Å². The van der Waals surface area contributed by atoms with E-state index in [0.29, 0.717) is 11.3 Å². The molecule has 13 heteroatoms. The first-order valence-electron chi connectivity index (χ1n) is 15.1. The van der Waals surface area contributed by atoms with Gasteiger partial charge in [0, 0.05) is 31.2 Å². The van der Waals surface area contributed by atoms with Crippen molar-refractivity contribution >= 4 is 46.3 Å². The molecule has 0 aliphatic heterocycles. The zero-order chi connectivity index (χ0) is 34.1. The average Bonchev–Trinajstić information content (AvgIpc) is 2.88. The van der Waals surface area contributed by atoms with E-state index in [1.165, 1.54) is 19.0 Å². The van der Waals surface area contributed by atoms with Crippen molar-refractivity contribution in [3.8, 4) is 5.75 Å². The molecule has 0 radical (unpaired) electrons. The third-order valence-electron chi connectivity index (χ3n) is 9.28. The Morgan fingerprint density at radius 2 is 1.67 bits per heavy atom. The fourth-order valence-corrected chi connectivity index (χ4v) is 7.31. The van der Waals surface area contributed by atoms with Gasteiger partial charge in [-0.3, -0.25) is 33.7 Å². The summed E-state index contributed by atoms with van der Waals surface area (Å²) in [6.07, 6.45) is 0.0885. The monoisotopic (exact) mass is 627 g/mol. The van der Waals surface area contributed by atoms with E-state index in [-0.39, 0.29) is 35.9 Å². The van der Waals surface area contributed by atoms with Gasteiger partial charge in [0.25, 0.3) is 0 Å². The number of carbonyl (C=O) groups excluding carboxylic acids is 6. The topological polar surface area (TPSA) is 199 Å². The van der Waals surface area contributed by atoms with Crippen LogP contribution in [0.2, 0.25) is 0 Å². The number of likely N-dealkylation sites (N-methyl/N-ethyl adjacent to an activating group) is 1. The summed E-state index contributed by atoms with van der Waals surface area (Å²) in [7, 11) is 6.60. The number of nitrogens with one attached hydrogen (secondary N) is 2. The smallest absolute Gasteiger partial charge is 0.243 e. The molecule has 2 amide bonds. The Kier molecular flexibility index (Phi) is 8.70. The van der Waals surface area contributed by atoms with Gasteiger partial charge in [-0.1, -0.05) is 13.8 Å². The maximum atomic E-state index is 14.3. The molecule has 0 heterocycles. The lowest BCUT2D eigenvalue weighted by Gasteiger charge is -2.52. The van der Waals surface area contributed by atoms with Crippen LogP contribution in [0.15, 0.2) is 6.07 Å². The highest BCUT2D eigenvalue weighted by Crippen LogP contribution is 2.52. The lowest BCUT2D eigenvalue weighted by molar-refractivity contribution is -0.181. The SMILES string of the molecule is CC(C)C(Nc1cc(N(C)C)c2c(c1O)C(=O)C1C(=O)[C@@]3(O)C(=O)C(C(N)=O)C(=O)[C@H](N(C)C)[C@H]3C[C@H]1C2)C(=O)NC(C)(C)C. The predicted octanol–water partition coefficient (Wildman–Crippen LogP) is 0.284. The predicted molar refractivity (Wildman–Crippen MR) is 166 cm³/mol. The summed E-state index contributed by atoms with van der Waals surface area (Å²) in [6.45, 7) is 9.20. The van der Waals surface area contributed by atoms with Crippen LogP contribution in [0.1, 0.15) is 57.0 Å². The molecule has 7 atom stereocenters. The van der Waals surface area contributed by atoms with E-state index < -0.39 is 81.7 Å². The quantitative estimate of drug-likeness (QED) is 0.206. The van der Waals surface area contributed by atoms with Crippen molar-refractivity contribution in [2.24, 2.45) is 35.3 Å². The summed E-state index contributed by atoms with van der Waals surface area (Å²) in [6, 6.07) is -0.318. The van der Waals surface area contributed by atoms with Crippen LogP contribution >= 0.6 is 0 Å². The van der Waals surface area contributed by atoms with Crippen molar-refractivity contribution in [1.82, 2.24) is 10.2 Å². The number of nitrogens with two attached hydrogens (primary N) is 1. The number of aromatic hydroxyl groups is 1. The van der Waals surface area contributed by atoms with Crippen molar-refractivity contribution in [3.63, 3.8) is 0 Å². The van der Waals surface area contributed by atoms with Crippen LogP contribution in [0, 0.1) is 29.6 Å². The van der Waals surface area contributed by atoms with Crippen molar-refractivity contribution in [2.75, 3.05) is 38.4 Å². The van der Waals surface area contributed by atoms with Crippen molar-refractivity contribution in [2.45, 2.75) is 70.7 Å². The summed E-state index contributed by atoms with van der Waals surface area (Å²) in [5.74, 6) is -11.7. The molecule has 45 heavy (non-hydrogen) atoms. The van der Waals surface area contributed by atoms with Crippen LogP contribution in [0.4, 0.5) is 11.4 Å². The molecule has 3 aliphatic carbocycles. The van der Waals surface area contributed by atoms with Gasteiger partial charge >= 0.3 is 0 Å². The minimum absolute atomic E-state index is 0.0417. The first-order valence-corrected chi connectivity index (χ1v) is 15.1. The number of amides is 2. The van der Waals surface area contributed by atoms with Gasteiger partial charge in [-0.2, -0.15) is 0 Å². The molecule has 0 bridgehead atoms. The van der Waals surface area contributed by atoms with Gasteiger partial charge in [-0.25, -0.2) is 0 Å². The van der Waals surface area contributed by atoms with Gasteiger partial charge in [0.05, 0.1) is 23.2 Å². The standard InChI is InChI=1S/C32H45N5O8/c1-13(2)22(30(44)35-31(3,4)5)34-17-12-18(36(6)7)15-10-14-11-16-23(37(8)9)26(40)21(29(33)43)28(42)32(16,45)27(41)19(14)25(39)20(15)24(17)38/h12-14,16,19,21-23,34,38,45H,10-11H2,1-9H3,(H2,33,43)(H,35,44)/t14-,16-,19?,21?,22?,23-,32-/m1/s1. The Bertz CT molecular complexity index is 1480. The number of nitrogens with zero attached hydrogens (tertiary/aromatic N) is 2. The molecule has 2 fully saturated rings. The van der Waals surface area contributed by atoms with Gasteiger partial charge in [0.15, 0.2) is 34.7 Å². The van der Waals surface area contributed by atoms with E-state index in [2.05, 4.69) is 10.6 Å². The minimum Gasteiger partial charge on any atom is -0.505 e. The van der Waals surface area contributed by atoms with E-state index in [4.69, 9.17) is 5.73 Å². The Morgan fingerprint density at radius 3 is 2.16 bits per heavy atom. The number of carbonyl (C=O) groups is 6. The molecule has 1 aromatic carbocycles.